The van der Waals surface area contributed by atoms with E-state index in [1.54, 1.807) is 0 Å². The average Bonchev–Trinajstić information content (AvgIpc) is 2.88. The number of sulfone groups is 1. The van der Waals surface area contributed by atoms with Crippen LogP contribution in [0.1, 0.15) is 12.0 Å². The largest absolute Gasteiger partial charge is 0.502 e. The van der Waals surface area contributed by atoms with Gasteiger partial charge in [-0.05, 0) is 18.6 Å². The predicted octanol–water partition coefficient (Wildman–Crippen LogP) is 0.294. The Bertz CT molecular complexity index is 704. The third kappa shape index (κ3) is 4.13. The van der Waals surface area contributed by atoms with Gasteiger partial charge in [-0.2, -0.15) is 5.10 Å². The summed E-state index contributed by atoms with van der Waals surface area (Å²) in [6, 6.07) is 3.04. The number of nitrogens with zero attached hydrogens (tertiary/aromatic N) is 1. The SMILES string of the molecule is COc1cc(/C=N/NC(=O)[C@@H]2CCS(=O)(=O)C2)cc(OC)c1O. The Morgan fingerprint density at radius 1 is 1.35 bits per heavy atom. The lowest BCUT2D eigenvalue weighted by Gasteiger charge is -2.09. The van der Waals surface area contributed by atoms with Crippen molar-refractivity contribution in [3.05, 3.63) is 17.7 Å². The Balaban J connectivity index is 2.04. The molecule has 1 saturated heterocycles. The van der Waals surface area contributed by atoms with Crippen molar-refractivity contribution in [2.75, 3.05) is 25.7 Å². The van der Waals surface area contributed by atoms with Gasteiger partial charge in [0, 0.05) is 5.56 Å². The highest BCUT2D eigenvalue weighted by Crippen LogP contribution is 2.36. The maximum Gasteiger partial charge on any atom is 0.244 e. The molecule has 1 aromatic carbocycles. The van der Waals surface area contributed by atoms with Crippen LogP contribution in [0, 0.1) is 5.92 Å². The third-order valence-electron chi connectivity index (χ3n) is 3.49. The third-order valence-corrected chi connectivity index (χ3v) is 5.26. The highest BCUT2D eigenvalue weighted by Gasteiger charge is 2.32. The molecule has 1 fully saturated rings. The van der Waals surface area contributed by atoms with Crippen LogP contribution in [-0.4, -0.2) is 51.4 Å². The van der Waals surface area contributed by atoms with Crippen molar-refractivity contribution in [2.24, 2.45) is 11.0 Å². The first-order valence-corrected chi connectivity index (χ1v) is 8.66. The normalized spacial score (nSPS) is 19.7. The van der Waals surface area contributed by atoms with Crippen molar-refractivity contribution >= 4 is 22.0 Å². The molecule has 0 radical (unpaired) electrons. The zero-order valence-electron chi connectivity index (χ0n) is 12.8. The first-order chi connectivity index (χ1) is 10.9. The summed E-state index contributed by atoms with van der Waals surface area (Å²) in [6.45, 7) is 0. The van der Waals surface area contributed by atoms with E-state index in [1.165, 1.54) is 32.6 Å². The molecule has 23 heavy (non-hydrogen) atoms. The second-order valence-corrected chi connectivity index (χ2v) is 7.34. The molecule has 0 bridgehead atoms. The van der Waals surface area contributed by atoms with Gasteiger partial charge in [0.1, 0.15) is 0 Å². The molecule has 1 aliphatic heterocycles. The molecule has 0 saturated carbocycles. The van der Waals surface area contributed by atoms with Crippen LogP contribution in [0.5, 0.6) is 17.2 Å². The van der Waals surface area contributed by atoms with Gasteiger partial charge in [0.25, 0.3) is 0 Å². The highest BCUT2D eigenvalue weighted by atomic mass is 32.2. The Kier molecular flexibility index (Phi) is 5.09. The number of methoxy groups -OCH3 is 2. The predicted molar refractivity (Wildman–Crippen MR) is 83.7 cm³/mol. The number of carbonyl (C=O) groups excluding carboxylic acids is 1. The summed E-state index contributed by atoms with van der Waals surface area (Å²) in [5.41, 5.74) is 2.86. The van der Waals surface area contributed by atoms with Crippen molar-refractivity contribution < 1.29 is 27.8 Å². The molecule has 1 aliphatic rings. The molecule has 1 amide bonds. The molecule has 1 heterocycles. The molecule has 1 aromatic rings. The van der Waals surface area contributed by atoms with Crippen molar-refractivity contribution in [1.82, 2.24) is 5.43 Å². The van der Waals surface area contributed by atoms with Crippen LogP contribution >= 0.6 is 0 Å². The second-order valence-electron chi connectivity index (χ2n) is 5.11. The van der Waals surface area contributed by atoms with E-state index < -0.39 is 21.7 Å². The molecule has 0 spiro atoms. The lowest BCUT2D eigenvalue weighted by atomic mass is 10.1. The molecule has 0 unspecified atom stereocenters. The standard InChI is InChI=1S/C14H18N2O6S/c1-21-11-5-9(6-12(22-2)13(11)17)7-15-16-14(18)10-3-4-23(19,20)8-10/h5-7,10,17H,3-4,8H2,1-2H3,(H,16,18)/b15-7+/t10-/m1/s1. The van der Waals surface area contributed by atoms with Crippen LogP contribution in [0.3, 0.4) is 0 Å². The topological polar surface area (TPSA) is 114 Å². The van der Waals surface area contributed by atoms with E-state index in [4.69, 9.17) is 9.47 Å². The number of hydrogen-bond acceptors (Lipinski definition) is 7. The van der Waals surface area contributed by atoms with E-state index in [-0.39, 0.29) is 28.8 Å². The van der Waals surface area contributed by atoms with E-state index >= 15 is 0 Å². The van der Waals surface area contributed by atoms with Gasteiger partial charge < -0.3 is 14.6 Å². The molecular weight excluding hydrogens is 324 g/mol. The number of amides is 1. The Labute approximate surface area is 134 Å². The number of hydrogen-bond donors (Lipinski definition) is 2. The fourth-order valence-corrected chi connectivity index (χ4v) is 3.99. The first-order valence-electron chi connectivity index (χ1n) is 6.84. The summed E-state index contributed by atoms with van der Waals surface area (Å²) in [5.74, 6) is -0.831. The Morgan fingerprint density at radius 3 is 2.43 bits per heavy atom. The van der Waals surface area contributed by atoms with Crippen molar-refractivity contribution in [3.63, 3.8) is 0 Å². The molecule has 0 aromatic heterocycles. The summed E-state index contributed by atoms with van der Waals surface area (Å²) >= 11 is 0. The average molecular weight is 342 g/mol. The van der Waals surface area contributed by atoms with Gasteiger partial charge >= 0.3 is 0 Å². The lowest BCUT2D eigenvalue weighted by molar-refractivity contribution is -0.124. The van der Waals surface area contributed by atoms with E-state index in [9.17, 15) is 18.3 Å². The molecule has 2 N–H and O–H groups in total. The maximum absolute atomic E-state index is 11.8. The van der Waals surface area contributed by atoms with Crippen molar-refractivity contribution in [2.45, 2.75) is 6.42 Å². The second kappa shape index (κ2) is 6.86. The van der Waals surface area contributed by atoms with Crippen LogP contribution in [0.15, 0.2) is 17.2 Å². The quantitative estimate of drug-likeness (QED) is 0.587. The molecule has 9 heteroatoms. The number of nitrogens with one attached hydrogen (secondary N) is 1. The van der Waals surface area contributed by atoms with E-state index in [0.717, 1.165) is 0 Å². The number of hydrazone groups is 1. The summed E-state index contributed by atoms with van der Waals surface area (Å²) in [7, 11) is -0.313. The van der Waals surface area contributed by atoms with Gasteiger partial charge in [-0.25, -0.2) is 13.8 Å². The fraction of sp³-hybridized carbons (Fsp3) is 0.429. The minimum atomic E-state index is -3.11. The van der Waals surface area contributed by atoms with Gasteiger partial charge in [-0.3, -0.25) is 4.79 Å². The van der Waals surface area contributed by atoms with E-state index in [2.05, 4.69) is 10.5 Å². The molecule has 8 nitrogen and oxygen atoms in total. The smallest absolute Gasteiger partial charge is 0.244 e. The summed E-state index contributed by atoms with van der Waals surface area (Å²) in [4.78, 5) is 11.8. The fourth-order valence-electron chi connectivity index (χ4n) is 2.25. The van der Waals surface area contributed by atoms with Crippen LogP contribution in [0.25, 0.3) is 0 Å². The minimum absolute atomic E-state index is 0.0289. The molecule has 2 rings (SSSR count). The zero-order valence-corrected chi connectivity index (χ0v) is 13.6. The molecule has 1 atom stereocenters. The summed E-state index contributed by atoms with van der Waals surface area (Å²) in [5, 5.41) is 13.6. The van der Waals surface area contributed by atoms with Crippen molar-refractivity contribution in [1.29, 1.82) is 0 Å². The van der Waals surface area contributed by atoms with Gasteiger partial charge in [0.05, 0.1) is 37.9 Å². The lowest BCUT2D eigenvalue weighted by Crippen LogP contribution is -2.27. The molecule has 0 aliphatic carbocycles. The van der Waals surface area contributed by atoms with Crippen LogP contribution in [0.2, 0.25) is 0 Å². The zero-order chi connectivity index (χ0) is 17.0. The number of aromatic hydroxyl groups is 1. The Morgan fingerprint density at radius 2 is 1.96 bits per heavy atom. The molecular formula is C14H18N2O6S. The van der Waals surface area contributed by atoms with E-state index in [1.807, 2.05) is 0 Å². The monoisotopic (exact) mass is 342 g/mol. The summed E-state index contributed by atoms with van der Waals surface area (Å²) < 4.78 is 32.7. The van der Waals surface area contributed by atoms with Crippen LogP contribution in [0.4, 0.5) is 0 Å². The number of phenolic OH excluding ortho intramolecular Hbond substituents is 1. The number of carbonyl (C=O) groups is 1. The first kappa shape index (κ1) is 17.1. The minimum Gasteiger partial charge on any atom is -0.502 e. The number of phenols is 1. The van der Waals surface area contributed by atoms with Gasteiger partial charge in [-0.15, -0.1) is 0 Å². The van der Waals surface area contributed by atoms with Crippen LogP contribution < -0.4 is 14.9 Å². The highest BCUT2D eigenvalue weighted by molar-refractivity contribution is 7.91. The number of benzene rings is 1. The Hall–Kier alpha value is -2.29. The number of rotatable bonds is 5. The van der Waals surface area contributed by atoms with Gasteiger partial charge in [-0.1, -0.05) is 0 Å². The summed E-state index contributed by atoms with van der Waals surface area (Å²) in [6.07, 6.45) is 1.66. The maximum atomic E-state index is 11.8. The van der Waals surface area contributed by atoms with Crippen LogP contribution in [-0.2, 0) is 14.6 Å². The number of ether oxygens (including phenoxy) is 2. The van der Waals surface area contributed by atoms with Gasteiger partial charge in [0.15, 0.2) is 21.3 Å². The van der Waals surface area contributed by atoms with Crippen molar-refractivity contribution in [3.8, 4) is 17.2 Å². The molecule has 126 valence electrons. The van der Waals surface area contributed by atoms with Gasteiger partial charge in [0.2, 0.25) is 11.7 Å². The van der Waals surface area contributed by atoms with E-state index in [0.29, 0.717) is 12.0 Å².